The number of likely N-dealkylation sites (tertiary alicyclic amines) is 1. The zero-order valence-corrected chi connectivity index (χ0v) is 15.0. The van der Waals surface area contributed by atoms with Crippen molar-refractivity contribution in [2.45, 2.75) is 32.4 Å². The first kappa shape index (κ1) is 16.9. The molecule has 134 valence electrons. The molecule has 0 atom stereocenters. The van der Waals surface area contributed by atoms with Crippen LogP contribution < -0.4 is 5.32 Å². The van der Waals surface area contributed by atoms with Crippen LogP contribution in [-0.2, 0) is 13.1 Å². The lowest BCUT2D eigenvalue weighted by Gasteiger charge is -2.26. The van der Waals surface area contributed by atoms with E-state index in [0.29, 0.717) is 12.2 Å². The number of carbonyl (C=O) groups is 1. The van der Waals surface area contributed by atoms with Crippen molar-refractivity contribution in [1.29, 1.82) is 0 Å². The Morgan fingerprint density at radius 3 is 2.46 bits per heavy atom. The molecule has 0 radical (unpaired) electrons. The van der Waals surface area contributed by atoms with Crippen LogP contribution in [0.3, 0.4) is 0 Å². The van der Waals surface area contributed by atoms with Crippen molar-refractivity contribution in [3.8, 4) is 0 Å². The first-order chi connectivity index (χ1) is 12.8. The summed E-state index contributed by atoms with van der Waals surface area (Å²) in [6, 6.07) is 18.4. The Morgan fingerprint density at radius 2 is 1.69 bits per heavy atom. The summed E-state index contributed by atoms with van der Waals surface area (Å²) in [5.41, 5.74) is 4.06. The first-order valence-corrected chi connectivity index (χ1v) is 9.44. The fraction of sp³-hybridized carbons (Fsp3) is 0.318. The monoisotopic (exact) mass is 347 g/mol. The van der Waals surface area contributed by atoms with Crippen LogP contribution in [0.15, 0.2) is 54.6 Å². The maximum Gasteiger partial charge on any atom is 0.267 e. The molecule has 26 heavy (non-hydrogen) atoms. The van der Waals surface area contributed by atoms with Crippen LogP contribution in [0.5, 0.6) is 0 Å². The molecule has 0 unspecified atom stereocenters. The number of para-hydroxylation sites is 1. The molecule has 1 saturated heterocycles. The van der Waals surface area contributed by atoms with Crippen LogP contribution in [0, 0.1) is 0 Å². The Kier molecular flexibility index (Phi) is 5.02. The number of piperidine rings is 1. The number of benzene rings is 2. The molecule has 4 heteroatoms. The van der Waals surface area contributed by atoms with E-state index in [1.54, 1.807) is 0 Å². The van der Waals surface area contributed by atoms with Gasteiger partial charge in [-0.05, 0) is 49.2 Å². The highest BCUT2D eigenvalue weighted by atomic mass is 16.1. The third-order valence-corrected chi connectivity index (χ3v) is 5.11. The number of hydrogen-bond acceptors (Lipinski definition) is 2. The van der Waals surface area contributed by atoms with Crippen LogP contribution in [0.4, 0.5) is 0 Å². The van der Waals surface area contributed by atoms with Crippen LogP contribution in [-0.4, -0.2) is 28.9 Å². The van der Waals surface area contributed by atoms with E-state index in [4.69, 9.17) is 0 Å². The van der Waals surface area contributed by atoms with Gasteiger partial charge in [-0.2, -0.15) is 0 Å². The van der Waals surface area contributed by atoms with Gasteiger partial charge in [0.2, 0.25) is 0 Å². The van der Waals surface area contributed by atoms with Crippen LogP contribution >= 0.6 is 0 Å². The van der Waals surface area contributed by atoms with Crippen molar-refractivity contribution in [1.82, 2.24) is 15.2 Å². The summed E-state index contributed by atoms with van der Waals surface area (Å²) in [7, 11) is 0. The molecular weight excluding hydrogens is 322 g/mol. The van der Waals surface area contributed by atoms with E-state index in [1.165, 1.54) is 37.9 Å². The quantitative estimate of drug-likeness (QED) is 0.730. The average Bonchev–Trinajstić information content (AvgIpc) is 3.12. The molecule has 2 heterocycles. The van der Waals surface area contributed by atoms with Gasteiger partial charge < -0.3 is 10.3 Å². The summed E-state index contributed by atoms with van der Waals surface area (Å²) in [6.45, 7) is 3.99. The van der Waals surface area contributed by atoms with Gasteiger partial charge >= 0.3 is 0 Å². The minimum atomic E-state index is -0.0707. The van der Waals surface area contributed by atoms with Crippen molar-refractivity contribution >= 4 is 16.8 Å². The molecule has 0 spiro atoms. The zero-order valence-electron chi connectivity index (χ0n) is 15.0. The molecule has 0 aliphatic carbocycles. The predicted molar refractivity (Wildman–Crippen MR) is 105 cm³/mol. The molecule has 1 aliphatic rings. The molecular formula is C22H25N3O. The number of carbonyl (C=O) groups excluding carboxylic acids is 1. The Bertz CT molecular complexity index is 843. The molecule has 0 saturated carbocycles. The van der Waals surface area contributed by atoms with E-state index in [9.17, 15) is 4.79 Å². The first-order valence-electron chi connectivity index (χ1n) is 9.44. The number of nitrogens with one attached hydrogen (secondary N) is 2. The largest absolute Gasteiger partial charge is 0.351 e. The number of H-pyrrole nitrogens is 1. The fourth-order valence-electron chi connectivity index (χ4n) is 3.61. The lowest BCUT2D eigenvalue weighted by atomic mass is 10.1. The number of fused-ring (bicyclic) bond motifs is 1. The normalized spacial score (nSPS) is 15.2. The van der Waals surface area contributed by atoms with Crippen LogP contribution in [0.1, 0.15) is 40.9 Å². The lowest BCUT2D eigenvalue weighted by Crippen LogP contribution is -2.29. The highest BCUT2D eigenvalue weighted by Crippen LogP contribution is 2.15. The summed E-state index contributed by atoms with van der Waals surface area (Å²) in [5.74, 6) is -0.0707. The second-order valence-corrected chi connectivity index (χ2v) is 7.11. The van der Waals surface area contributed by atoms with Crippen LogP contribution in [0.2, 0.25) is 0 Å². The Hall–Kier alpha value is -2.59. The molecule has 4 nitrogen and oxygen atoms in total. The molecule has 4 rings (SSSR count). The minimum absolute atomic E-state index is 0.0707. The van der Waals surface area contributed by atoms with Gasteiger partial charge in [-0.3, -0.25) is 9.69 Å². The minimum Gasteiger partial charge on any atom is -0.351 e. The molecule has 3 aromatic rings. The standard InChI is InChI=1S/C22H25N3O/c26-22(21-14-19-6-2-3-7-20(19)24-21)23-15-17-8-10-18(11-9-17)16-25-12-4-1-5-13-25/h2-3,6-11,14,24H,1,4-5,12-13,15-16H2,(H,23,26). The Morgan fingerprint density at radius 1 is 0.962 bits per heavy atom. The maximum atomic E-state index is 12.4. The smallest absolute Gasteiger partial charge is 0.267 e. The number of hydrogen-bond donors (Lipinski definition) is 2. The number of rotatable bonds is 5. The van der Waals surface area contributed by atoms with E-state index in [1.807, 2.05) is 30.3 Å². The van der Waals surface area contributed by atoms with E-state index >= 15 is 0 Å². The van der Waals surface area contributed by atoms with E-state index < -0.39 is 0 Å². The number of nitrogens with zero attached hydrogens (tertiary/aromatic N) is 1. The second kappa shape index (κ2) is 7.75. The van der Waals surface area contributed by atoms with Crippen molar-refractivity contribution < 1.29 is 4.79 Å². The molecule has 1 aromatic heterocycles. The van der Waals surface area contributed by atoms with Gasteiger partial charge in [-0.15, -0.1) is 0 Å². The Labute approximate surface area is 154 Å². The fourth-order valence-corrected chi connectivity index (χ4v) is 3.61. The van der Waals surface area contributed by atoms with Crippen LogP contribution in [0.25, 0.3) is 10.9 Å². The molecule has 0 bridgehead atoms. The van der Waals surface area contributed by atoms with Gasteiger partial charge in [-0.1, -0.05) is 48.9 Å². The molecule has 1 fully saturated rings. The van der Waals surface area contributed by atoms with Crippen molar-refractivity contribution in [3.63, 3.8) is 0 Å². The predicted octanol–water partition coefficient (Wildman–Crippen LogP) is 4.08. The highest BCUT2D eigenvalue weighted by molar-refractivity contribution is 5.97. The Balaban J connectivity index is 1.33. The van der Waals surface area contributed by atoms with Gasteiger partial charge in [-0.25, -0.2) is 0 Å². The summed E-state index contributed by atoms with van der Waals surface area (Å²) in [6.07, 6.45) is 4.00. The molecule has 2 N–H and O–H groups in total. The number of aromatic amines is 1. The van der Waals surface area contributed by atoms with Gasteiger partial charge in [0, 0.05) is 24.0 Å². The SMILES string of the molecule is O=C(NCc1ccc(CN2CCCCC2)cc1)c1cc2ccccc2[nH]1. The van der Waals surface area contributed by atoms with E-state index in [0.717, 1.165) is 23.0 Å². The topological polar surface area (TPSA) is 48.1 Å². The van der Waals surface area contributed by atoms with E-state index in [-0.39, 0.29) is 5.91 Å². The van der Waals surface area contributed by atoms with Gasteiger partial charge in [0.25, 0.3) is 5.91 Å². The third kappa shape index (κ3) is 3.97. The number of amides is 1. The maximum absolute atomic E-state index is 12.4. The summed E-state index contributed by atoms with van der Waals surface area (Å²) < 4.78 is 0. The third-order valence-electron chi connectivity index (χ3n) is 5.11. The van der Waals surface area contributed by atoms with Gasteiger partial charge in [0.05, 0.1) is 0 Å². The summed E-state index contributed by atoms with van der Waals surface area (Å²) >= 11 is 0. The summed E-state index contributed by atoms with van der Waals surface area (Å²) in [4.78, 5) is 18.1. The van der Waals surface area contributed by atoms with Gasteiger partial charge in [0.15, 0.2) is 0 Å². The van der Waals surface area contributed by atoms with Crippen molar-refractivity contribution in [2.75, 3.05) is 13.1 Å². The molecule has 1 aliphatic heterocycles. The van der Waals surface area contributed by atoms with E-state index in [2.05, 4.69) is 39.5 Å². The lowest BCUT2D eigenvalue weighted by molar-refractivity contribution is 0.0947. The zero-order chi connectivity index (χ0) is 17.8. The molecule has 1 amide bonds. The average molecular weight is 347 g/mol. The number of aromatic nitrogens is 1. The summed E-state index contributed by atoms with van der Waals surface area (Å²) in [5, 5.41) is 4.05. The molecule has 2 aromatic carbocycles. The van der Waals surface area contributed by atoms with Crippen molar-refractivity contribution in [2.24, 2.45) is 0 Å². The highest BCUT2D eigenvalue weighted by Gasteiger charge is 2.11. The van der Waals surface area contributed by atoms with Gasteiger partial charge in [0.1, 0.15) is 5.69 Å². The second-order valence-electron chi connectivity index (χ2n) is 7.11. The van der Waals surface area contributed by atoms with Crippen molar-refractivity contribution in [3.05, 3.63) is 71.4 Å².